The predicted molar refractivity (Wildman–Crippen MR) is 118 cm³/mol. The van der Waals surface area contributed by atoms with Crippen molar-refractivity contribution in [1.29, 1.82) is 0 Å². The van der Waals surface area contributed by atoms with Gasteiger partial charge in [0, 0.05) is 23.1 Å². The molecule has 2 aromatic carbocycles. The smallest absolute Gasteiger partial charge is 0.261 e. The van der Waals surface area contributed by atoms with E-state index in [4.69, 9.17) is 32.7 Å². The number of nitrogens with one attached hydrogen (secondary N) is 1. The fraction of sp³-hybridized carbons (Fsp3) is 0.364. The number of hydrogen-bond donors (Lipinski definition) is 1. The summed E-state index contributed by atoms with van der Waals surface area (Å²) in [6.45, 7) is 4.11. The fourth-order valence-corrected chi connectivity index (χ4v) is 3.18. The highest BCUT2D eigenvalue weighted by molar-refractivity contribution is 6.35. The predicted octanol–water partition coefficient (Wildman–Crippen LogP) is 4.32. The molecule has 0 saturated carbocycles. The molecule has 0 fully saturated rings. The lowest BCUT2D eigenvalue weighted by Crippen LogP contribution is -2.49. The summed E-state index contributed by atoms with van der Waals surface area (Å²) in [6, 6.07) is 11.3. The van der Waals surface area contributed by atoms with Gasteiger partial charge in [0.2, 0.25) is 5.91 Å². The first-order valence-corrected chi connectivity index (χ1v) is 10.4. The monoisotopic (exact) mass is 452 g/mol. The molecule has 30 heavy (non-hydrogen) atoms. The van der Waals surface area contributed by atoms with Crippen LogP contribution in [0.1, 0.15) is 25.8 Å². The molecule has 162 valence electrons. The quantitative estimate of drug-likeness (QED) is 0.582. The first kappa shape index (κ1) is 23.8. The third-order valence-electron chi connectivity index (χ3n) is 4.49. The van der Waals surface area contributed by atoms with Gasteiger partial charge in [-0.2, -0.15) is 0 Å². The minimum atomic E-state index is -0.699. The average molecular weight is 453 g/mol. The Labute approximate surface area is 187 Å². The van der Waals surface area contributed by atoms with Gasteiger partial charge in [-0.25, -0.2) is 0 Å². The number of methoxy groups -OCH3 is 1. The number of hydrogen-bond acceptors (Lipinski definition) is 4. The van der Waals surface area contributed by atoms with Gasteiger partial charge in [0.05, 0.1) is 7.11 Å². The van der Waals surface area contributed by atoms with Crippen molar-refractivity contribution in [2.24, 2.45) is 0 Å². The maximum absolute atomic E-state index is 13.0. The van der Waals surface area contributed by atoms with Crippen LogP contribution in [0.2, 0.25) is 10.0 Å². The standard InChI is InChI=1S/C22H26Cl2N2O4/c1-4-11-25-22(28)15(2)26(13-16-5-6-17(23)12-20(16)24)21(27)14-30-19-9-7-18(29-3)8-10-19/h5-10,12,15H,4,11,13-14H2,1-3H3,(H,25,28)/t15-/m0/s1. The molecule has 2 rings (SSSR count). The van der Waals surface area contributed by atoms with Crippen molar-refractivity contribution in [3.05, 3.63) is 58.1 Å². The third-order valence-corrected chi connectivity index (χ3v) is 5.08. The van der Waals surface area contributed by atoms with Gasteiger partial charge in [-0.1, -0.05) is 36.2 Å². The number of carbonyl (C=O) groups is 2. The molecule has 2 amide bonds. The fourth-order valence-electron chi connectivity index (χ4n) is 2.71. The molecular formula is C22H26Cl2N2O4. The number of ether oxygens (including phenoxy) is 2. The van der Waals surface area contributed by atoms with Crippen LogP contribution in [-0.2, 0) is 16.1 Å². The van der Waals surface area contributed by atoms with E-state index >= 15 is 0 Å². The molecule has 0 radical (unpaired) electrons. The minimum Gasteiger partial charge on any atom is -0.497 e. The Kier molecular flexibility index (Phi) is 9.27. The zero-order valence-electron chi connectivity index (χ0n) is 17.3. The SMILES string of the molecule is CCCNC(=O)[C@H](C)N(Cc1ccc(Cl)cc1Cl)C(=O)COc1ccc(OC)cc1. The van der Waals surface area contributed by atoms with Gasteiger partial charge < -0.3 is 19.7 Å². The normalized spacial score (nSPS) is 11.5. The van der Waals surface area contributed by atoms with E-state index in [1.54, 1.807) is 56.5 Å². The molecule has 0 bridgehead atoms. The summed E-state index contributed by atoms with van der Waals surface area (Å²) in [6.07, 6.45) is 0.802. The van der Waals surface area contributed by atoms with Crippen LogP contribution in [-0.4, -0.2) is 43.0 Å². The van der Waals surface area contributed by atoms with Crippen molar-refractivity contribution >= 4 is 35.0 Å². The van der Waals surface area contributed by atoms with Crippen molar-refractivity contribution in [3.8, 4) is 11.5 Å². The van der Waals surface area contributed by atoms with Crippen molar-refractivity contribution in [2.45, 2.75) is 32.9 Å². The Balaban J connectivity index is 2.15. The Morgan fingerprint density at radius 1 is 1.10 bits per heavy atom. The van der Waals surface area contributed by atoms with E-state index in [-0.39, 0.29) is 25.0 Å². The summed E-state index contributed by atoms with van der Waals surface area (Å²) in [5.41, 5.74) is 0.689. The van der Waals surface area contributed by atoms with Gasteiger partial charge in [-0.15, -0.1) is 0 Å². The maximum atomic E-state index is 13.0. The zero-order valence-corrected chi connectivity index (χ0v) is 18.8. The van der Waals surface area contributed by atoms with Gasteiger partial charge >= 0.3 is 0 Å². The van der Waals surface area contributed by atoms with Crippen LogP contribution < -0.4 is 14.8 Å². The lowest BCUT2D eigenvalue weighted by atomic mass is 10.1. The van der Waals surface area contributed by atoms with Crippen LogP contribution in [0.15, 0.2) is 42.5 Å². The molecular weight excluding hydrogens is 427 g/mol. The van der Waals surface area contributed by atoms with Gasteiger partial charge in [0.1, 0.15) is 17.5 Å². The average Bonchev–Trinajstić information content (AvgIpc) is 2.75. The first-order valence-electron chi connectivity index (χ1n) is 9.63. The highest BCUT2D eigenvalue weighted by atomic mass is 35.5. The number of amides is 2. The molecule has 0 saturated heterocycles. The van der Waals surface area contributed by atoms with Crippen LogP contribution in [0.3, 0.4) is 0 Å². The van der Waals surface area contributed by atoms with E-state index in [9.17, 15) is 9.59 Å². The number of carbonyl (C=O) groups excluding carboxylic acids is 2. The van der Waals surface area contributed by atoms with Crippen LogP contribution in [0.4, 0.5) is 0 Å². The summed E-state index contributed by atoms with van der Waals surface area (Å²) in [5, 5.41) is 3.75. The van der Waals surface area contributed by atoms with Crippen LogP contribution in [0.25, 0.3) is 0 Å². The molecule has 0 spiro atoms. The molecule has 1 atom stereocenters. The number of benzene rings is 2. The van der Waals surface area contributed by atoms with Crippen molar-refractivity contribution in [2.75, 3.05) is 20.3 Å². The number of rotatable bonds is 10. The van der Waals surface area contributed by atoms with Gasteiger partial charge in [-0.3, -0.25) is 9.59 Å². The van der Waals surface area contributed by atoms with Crippen LogP contribution >= 0.6 is 23.2 Å². The first-order chi connectivity index (χ1) is 14.3. The van der Waals surface area contributed by atoms with E-state index in [1.165, 1.54) is 4.90 Å². The Morgan fingerprint density at radius 3 is 2.37 bits per heavy atom. The molecule has 0 aromatic heterocycles. The Hall–Kier alpha value is -2.44. The largest absolute Gasteiger partial charge is 0.497 e. The van der Waals surface area contributed by atoms with Crippen molar-refractivity contribution < 1.29 is 19.1 Å². The van der Waals surface area contributed by atoms with Gasteiger partial charge in [0.25, 0.3) is 5.91 Å². The Bertz CT molecular complexity index is 859. The maximum Gasteiger partial charge on any atom is 0.261 e. The zero-order chi connectivity index (χ0) is 22.1. The van der Waals surface area contributed by atoms with Gasteiger partial charge in [-0.05, 0) is 55.3 Å². The topological polar surface area (TPSA) is 67.9 Å². The molecule has 2 aromatic rings. The molecule has 0 unspecified atom stereocenters. The summed E-state index contributed by atoms with van der Waals surface area (Å²) in [4.78, 5) is 26.9. The van der Waals surface area contributed by atoms with E-state index in [0.29, 0.717) is 33.7 Å². The summed E-state index contributed by atoms with van der Waals surface area (Å²) in [5.74, 6) is 0.640. The molecule has 1 N–H and O–H groups in total. The second kappa shape index (κ2) is 11.7. The van der Waals surface area contributed by atoms with E-state index in [2.05, 4.69) is 5.32 Å². The summed E-state index contributed by atoms with van der Waals surface area (Å²) in [7, 11) is 1.57. The molecule has 6 nitrogen and oxygen atoms in total. The lowest BCUT2D eigenvalue weighted by molar-refractivity contribution is -0.142. The molecule has 0 aliphatic heterocycles. The highest BCUT2D eigenvalue weighted by Gasteiger charge is 2.27. The second-order valence-corrected chi connectivity index (χ2v) is 7.53. The highest BCUT2D eigenvalue weighted by Crippen LogP contribution is 2.23. The Morgan fingerprint density at radius 2 is 1.77 bits per heavy atom. The van der Waals surface area contributed by atoms with Crippen molar-refractivity contribution in [1.82, 2.24) is 10.2 Å². The second-order valence-electron chi connectivity index (χ2n) is 6.69. The molecule has 8 heteroatoms. The molecule has 0 heterocycles. The van der Waals surface area contributed by atoms with Crippen LogP contribution in [0.5, 0.6) is 11.5 Å². The summed E-state index contributed by atoms with van der Waals surface area (Å²) < 4.78 is 10.7. The third kappa shape index (κ3) is 6.82. The van der Waals surface area contributed by atoms with Crippen LogP contribution in [0, 0.1) is 0 Å². The van der Waals surface area contributed by atoms with E-state index in [0.717, 1.165) is 6.42 Å². The number of halogens is 2. The summed E-state index contributed by atoms with van der Waals surface area (Å²) >= 11 is 12.2. The minimum absolute atomic E-state index is 0.154. The molecule has 0 aliphatic rings. The van der Waals surface area contributed by atoms with E-state index < -0.39 is 6.04 Å². The lowest BCUT2D eigenvalue weighted by Gasteiger charge is -2.29. The van der Waals surface area contributed by atoms with Gasteiger partial charge in [0.15, 0.2) is 6.61 Å². The van der Waals surface area contributed by atoms with Crippen molar-refractivity contribution in [3.63, 3.8) is 0 Å². The van der Waals surface area contributed by atoms with E-state index in [1.807, 2.05) is 6.92 Å². The number of nitrogens with zero attached hydrogens (tertiary/aromatic N) is 1. The molecule has 0 aliphatic carbocycles.